The molecule has 0 aliphatic heterocycles. The lowest BCUT2D eigenvalue weighted by Gasteiger charge is -2.18. The Hall–Kier alpha value is -3.07. The van der Waals surface area contributed by atoms with Crippen molar-refractivity contribution >= 4 is 17.1 Å². The second-order valence-electron chi connectivity index (χ2n) is 6.64. The summed E-state index contributed by atoms with van der Waals surface area (Å²) in [5.41, 5.74) is 0.389. The molecule has 2 heterocycles. The van der Waals surface area contributed by atoms with Crippen molar-refractivity contribution in [2.75, 3.05) is 25.6 Å². The van der Waals surface area contributed by atoms with Crippen LogP contribution in [0.2, 0.25) is 0 Å². The summed E-state index contributed by atoms with van der Waals surface area (Å²) in [6.45, 7) is 2.08. The predicted molar refractivity (Wildman–Crippen MR) is 103 cm³/mol. The van der Waals surface area contributed by atoms with Crippen LogP contribution in [-0.4, -0.2) is 51.0 Å². The van der Waals surface area contributed by atoms with Crippen molar-refractivity contribution in [3.8, 4) is 5.75 Å². The Bertz CT molecular complexity index is 1080. The Labute approximate surface area is 155 Å². The molecule has 0 radical (unpaired) electrons. The minimum atomic E-state index is -0.877. The van der Waals surface area contributed by atoms with Crippen LogP contribution in [0.4, 0.5) is 5.95 Å². The van der Waals surface area contributed by atoms with Gasteiger partial charge in [0, 0.05) is 21.1 Å². The first kappa shape index (κ1) is 18.7. The third-order valence-electron chi connectivity index (χ3n) is 4.31. The maximum Gasteiger partial charge on any atom is 0.329 e. The number of aliphatic hydroxyl groups is 1. The topological polar surface area (TPSA) is 105 Å². The van der Waals surface area contributed by atoms with Gasteiger partial charge in [0.05, 0.1) is 6.54 Å². The van der Waals surface area contributed by atoms with E-state index in [1.165, 1.54) is 11.6 Å². The predicted octanol–water partition coefficient (Wildman–Crippen LogP) is 0.238. The number of aromatic amines is 1. The van der Waals surface area contributed by atoms with E-state index in [1.807, 2.05) is 31.2 Å². The van der Waals surface area contributed by atoms with E-state index >= 15 is 0 Å². The van der Waals surface area contributed by atoms with Gasteiger partial charge >= 0.3 is 5.69 Å². The van der Waals surface area contributed by atoms with Gasteiger partial charge in [-0.25, -0.2) is 4.79 Å². The van der Waals surface area contributed by atoms with Crippen LogP contribution in [0.15, 0.2) is 33.9 Å². The molecule has 3 aromatic rings. The number of fused-ring (bicyclic) bond motifs is 1. The van der Waals surface area contributed by atoms with E-state index in [9.17, 15) is 14.7 Å². The summed E-state index contributed by atoms with van der Waals surface area (Å²) in [4.78, 5) is 32.6. The summed E-state index contributed by atoms with van der Waals surface area (Å²) in [6, 6.07) is 7.54. The van der Waals surface area contributed by atoms with E-state index in [0.717, 1.165) is 5.56 Å². The van der Waals surface area contributed by atoms with Crippen molar-refractivity contribution in [3.05, 3.63) is 50.7 Å². The van der Waals surface area contributed by atoms with Crippen LogP contribution in [0.25, 0.3) is 11.2 Å². The average molecular weight is 373 g/mol. The van der Waals surface area contributed by atoms with Gasteiger partial charge in [0.1, 0.15) is 18.5 Å². The highest BCUT2D eigenvalue weighted by atomic mass is 16.5. The second kappa shape index (κ2) is 7.28. The number of hydrogen-bond donors (Lipinski definition) is 2. The van der Waals surface area contributed by atoms with Crippen LogP contribution in [0.5, 0.6) is 5.75 Å². The smallest absolute Gasteiger partial charge is 0.329 e. The molecule has 2 N–H and O–H groups in total. The number of benzene rings is 1. The Balaban J connectivity index is 1.92. The number of hydrogen-bond acceptors (Lipinski definition) is 6. The monoisotopic (exact) mass is 373 g/mol. The fourth-order valence-corrected chi connectivity index (χ4v) is 2.91. The molecule has 0 amide bonds. The van der Waals surface area contributed by atoms with Crippen molar-refractivity contribution in [2.24, 2.45) is 7.05 Å². The number of H-pyrrole nitrogens is 1. The number of para-hydroxylation sites is 1. The molecule has 0 bridgehead atoms. The molecule has 2 aromatic heterocycles. The van der Waals surface area contributed by atoms with Crippen molar-refractivity contribution in [1.29, 1.82) is 0 Å². The van der Waals surface area contributed by atoms with Gasteiger partial charge in [-0.15, -0.1) is 0 Å². The SMILES string of the molecule is Cc1ccccc1OCC(O)Cn1c(N(C)C)nc2c1c(=O)[nH]c(=O)n2C. The summed E-state index contributed by atoms with van der Waals surface area (Å²) in [6.07, 6.45) is -0.877. The molecule has 0 spiro atoms. The van der Waals surface area contributed by atoms with Crippen LogP contribution in [0, 0.1) is 6.92 Å². The van der Waals surface area contributed by atoms with Crippen LogP contribution in [0.3, 0.4) is 0 Å². The number of aryl methyl sites for hydroxylation is 2. The van der Waals surface area contributed by atoms with E-state index < -0.39 is 17.4 Å². The summed E-state index contributed by atoms with van der Waals surface area (Å²) < 4.78 is 8.57. The molecule has 3 rings (SSSR count). The molecule has 9 heteroatoms. The van der Waals surface area contributed by atoms with Gasteiger partial charge in [-0.2, -0.15) is 4.98 Å². The quantitative estimate of drug-likeness (QED) is 0.641. The van der Waals surface area contributed by atoms with Gasteiger partial charge in [-0.05, 0) is 18.6 Å². The Morgan fingerprint density at radius 1 is 1.30 bits per heavy atom. The average Bonchev–Trinajstić information content (AvgIpc) is 2.99. The van der Waals surface area contributed by atoms with E-state index in [2.05, 4.69) is 9.97 Å². The van der Waals surface area contributed by atoms with Gasteiger partial charge < -0.3 is 19.3 Å². The number of rotatable bonds is 6. The number of aromatic nitrogens is 4. The molecule has 9 nitrogen and oxygen atoms in total. The second-order valence-corrected chi connectivity index (χ2v) is 6.64. The molecule has 0 aliphatic carbocycles. The van der Waals surface area contributed by atoms with E-state index in [0.29, 0.717) is 11.7 Å². The largest absolute Gasteiger partial charge is 0.491 e. The summed E-state index contributed by atoms with van der Waals surface area (Å²) in [5, 5.41) is 10.5. The van der Waals surface area contributed by atoms with Gasteiger partial charge in [-0.1, -0.05) is 18.2 Å². The fourth-order valence-electron chi connectivity index (χ4n) is 2.91. The first-order chi connectivity index (χ1) is 12.8. The molecule has 0 saturated heterocycles. The highest BCUT2D eigenvalue weighted by Crippen LogP contribution is 2.19. The lowest BCUT2D eigenvalue weighted by Crippen LogP contribution is -2.31. The standard InChI is InChI=1S/C18H23N5O4/c1-11-7-5-6-8-13(11)27-10-12(24)9-23-14-15(19-17(23)21(2)3)22(4)18(26)20-16(14)25/h5-8,12,24H,9-10H2,1-4H3,(H,20,25,26). The zero-order chi connectivity index (χ0) is 19.7. The zero-order valence-corrected chi connectivity index (χ0v) is 15.8. The highest BCUT2D eigenvalue weighted by molar-refractivity contribution is 5.74. The third-order valence-corrected chi connectivity index (χ3v) is 4.31. The zero-order valence-electron chi connectivity index (χ0n) is 15.8. The molecular weight excluding hydrogens is 350 g/mol. The van der Waals surface area contributed by atoms with Crippen LogP contribution < -0.4 is 20.9 Å². The Morgan fingerprint density at radius 3 is 2.67 bits per heavy atom. The van der Waals surface area contributed by atoms with E-state index in [-0.39, 0.29) is 24.3 Å². The molecule has 144 valence electrons. The number of ether oxygens (including phenoxy) is 1. The lowest BCUT2D eigenvalue weighted by molar-refractivity contribution is 0.0934. The first-order valence-electron chi connectivity index (χ1n) is 8.53. The number of aliphatic hydroxyl groups excluding tert-OH is 1. The summed E-state index contributed by atoms with van der Waals surface area (Å²) in [5.74, 6) is 1.16. The summed E-state index contributed by atoms with van der Waals surface area (Å²) in [7, 11) is 5.09. The molecule has 1 atom stereocenters. The van der Waals surface area contributed by atoms with Gasteiger partial charge in [0.25, 0.3) is 5.56 Å². The van der Waals surface area contributed by atoms with E-state index in [4.69, 9.17) is 4.74 Å². The molecular formula is C18H23N5O4. The molecule has 0 aliphatic rings. The minimum absolute atomic E-state index is 0.0566. The highest BCUT2D eigenvalue weighted by Gasteiger charge is 2.21. The van der Waals surface area contributed by atoms with Crippen molar-refractivity contribution in [2.45, 2.75) is 19.6 Å². The molecule has 1 aromatic carbocycles. The van der Waals surface area contributed by atoms with E-state index in [1.54, 1.807) is 23.6 Å². The summed E-state index contributed by atoms with van der Waals surface area (Å²) >= 11 is 0. The lowest BCUT2D eigenvalue weighted by atomic mass is 10.2. The van der Waals surface area contributed by atoms with Crippen LogP contribution >= 0.6 is 0 Å². The number of imidazole rings is 1. The first-order valence-corrected chi connectivity index (χ1v) is 8.53. The number of nitrogens with one attached hydrogen (secondary N) is 1. The fraction of sp³-hybridized carbons (Fsp3) is 0.389. The maximum atomic E-state index is 12.4. The molecule has 27 heavy (non-hydrogen) atoms. The van der Waals surface area contributed by atoms with Gasteiger partial charge in [-0.3, -0.25) is 14.3 Å². The maximum absolute atomic E-state index is 12.4. The normalized spacial score (nSPS) is 12.3. The third kappa shape index (κ3) is 3.59. The van der Waals surface area contributed by atoms with Gasteiger partial charge in [0.2, 0.25) is 5.95 Å². The van der Waals surface area contributed by atoms with Crippen molar-refractivity contribution < 1.29 is 9.84 Å². The van der Waals surface area contributed by atoms with Crippen molar-refractivity contribution in [1.82, 2.24) is 19.1 Å². The number of anilines is 1. The van der Waals surface area contributed by atoms with Crippen LogP contribution in [0.1, 0.15) is 5.56 Å². The van der Waals surface area contributed by atoms with Crippen LogP contribution in [-0.2, 0) is 13.6 Å². The Kier molecular flexibility index (Phi) is 5.04. The van der Waals surface area contributed by atoms with Crippen molar-refractivity contribution in [3.63, 3.8) is 0 Å². The molecule has 1 unspecified atom stereocenters. The minimum Gasteiger partial charge on any atom is -0.491 e. The number of nitrogens with zero attached hydrogens (tertiary/aromatic N) is 4. The molecule has 0 saturated carbocycles. The van der Waals surface area contributed by atoms with Gasteiger partial charge in [0.15, 0.2) is 11.2 Å². The Morgan fingerprint density at radius 2 is 2.00 bits per heavy atom. The molecule has 0 fully saturated rings.